The first-order valence-corrected chi connectivity index (χ1v) is 7.00. The second-order valence-electron chi connectivity index (χ2n) is 5.39. The van der Waals surface area contributed by atoms with E-state index in [0.29, 0.717) is 12.6 Å². The third-order valence-corrected chi connectivity index (χ3v) is 4.21. The molecule has 0 aromatic carbocycles. The number of nitrogens with two attached hydrogens (primary N) is 1. The molecule has 0 aliphatic carbocycles. The van der Waals surface area contributed by atoms with Crippen LogP contribution in [0, 0.1) is 0 Å². The Bertz CT molecular complexity index is 298. The molecule has 0 aromatic heterocycles. The highest BCUT2D eigenvalue weighted by atomic mass is 16.5. The third kappa shape index (κ3) is 2.84. The Kier molecular flexibility index (Phi) is 4.59. The molecule has 5 heteroatoms. The first kappa shape index (κ1) is 13.8. The molecule has 2 fully saturated rings. The molecule has 1 amide bonds. The predicted octanol–water partition coefficient (Wildman–Crippen LogP) is 0.0453. The van der Waals surface area contributed by atoms with Crippen LogP contribution in [0.3, 0.4) is 0 Å². The minimum Gasteiger partial charge on any atom is -0.364 e. The molecule has 0 aromatic rings. The van der Waals surface area contributed by atoms with E-state index >= 15 is 0 Å². The van der Waals surface area contributed by atoms with Gasteiger partial charge >= 0.3 is 0 Å². The van der Waals surface area contributed by atoms with E-state index in [1.165, 1.54) is 0 Å². The highest BCUT2D eigenvalue weighted by molar-refractivity contribution is 5.81. The van der Waals surface area contributed by atoms with Crippen molar-refractivity contribution in [3.63, 3.8) is 0 Å². The van der Waals surface area contributed by atoms with Crippen LogP contribution < -0.4 is 5.73 Å². The van der Waals surface area contributed by atoms with E-state index in [0.717, 1.165) is 38.9 Å². The highest BCUT2D eigenvalue weighted by Crippen LogP contribution is 2.22. The first-order valence-electron chi connectivity index (χ1n) is 7.00. The summed E-state index contributed by atoms with van der Waals surface area (Å²) in [6.45, 7) is 5.30. The van der Waals surface area contributed by atoms with Gasteiger partial charge in [0, 0.05) is 32.2 Å². The molecule has 104 valence electrons. The Morgan fingerprint density at radius 2 is 2.17 bits per heavy atom. The number of hydrogen-bond acceptors (Lipinski definition) is 4. The molecule has 2 aliphatic rings. The zero-order valence-corrected chi connectivity index (χ0v) is 11.5. The summed E-state index contributed by atoms with van der Waals surface area (Å²) in [6.07, 6.45) is 2.65. The molecule has 0 spiro atoms. The fraction of sp³-hybridized carbons (Fsp3) is 0.923. The second kappa shape index (κ2) is 5.99. The largest absolute Gasteiger partial charge is 0.364 e. The van der Waals surface area contributed by atoms with Crippen molar-refractivity contribution >= 4 is 5.91 Å². The monoisotopic (exact) mass is 255 g/mol. The van der Waals surface area contributed by atoms with Crippen molar-refractivity contribution in [1.29, 1.82) is 0 Å². The van der Waals surface area contributed by atoms with Gasteiger partial charge in [0.2, 0.25) is 0 Å². The molecule has 0 bridgehead atoms. The summed E-state index contributed by atoms with van der Waals surface area (Å²) < 4.78 is 5.69. The molecule has 2 N–H and O–H groups in total. The minimum absolute atomic E-state index is 0.0772. The number of ether oxygens (including phenoxy) is 1. The number of piperazine rings is 1. The SMILES string of the molecule is CCC1CN(C(=O)C2CCC(CN)O2)CCN1C. The molecule has 18 heavy (non-hydrogen) atoms. The minimum atomic E-state index is -0.250. The van der Waals surface area contributed by atoms with Gasteiger partial charge in [0.1, 0.15) is 6.10 Å². The van der Waals surface area contributed by atoms with Gasteiger partial charge in [-0.1, -0.05) is 6.92 Å². The van der Waals surface area contributed by atoms with E-state index in [1.807, 2.05) is 4.90 Å². The van der Waals surface area contributed by atoms with Crippen molar-refractivity contribution in [3.8, 4) is 0 Å². The lowest BCUT2D eigenvalue weighted by atomic mass is 10.1. The molecule has 2 aliphatic heterocycles. The van der Waals surface area contributed by atoms with Gasteiger partial charge < -0.3 is 15.4 Å². The number of likely N-dealkylation sites (N-methyl/N-ethyl adjacent to an activating group) is 1. The second-order valence-corrected chi connectivity index (χ2v) is 5.39. The van der Waals surface area contributed by atoms with E-state index in [1.54, 1.807) is 0 Å². The normalized spacial score (nSPS) is 33.9. The van der Waals surface area contributed by atoms with Crippen LogP contribution in [0.15, 0.2) is 0 Å². The molecule has 3 unspecified atom stereocenters. The topological polar surface area (TPSA) is 58.8 Å². The van der Waals surface area contributed by atoms with Crippen molar-refractivity contribution < 1.29 is 9.53 Å². The lowest BCUT2D eigenvalue weighted by Crippen LogP contribution is -2.55. The lowest BCUT2D eigenvalue weighted by molar-refractivity contribution is -0.145. The van der Waals surface area contributed by atoms with Crippen LogP contribution in [0.2, 0.25) is 0 Å². The van der Waals surface area contributed by atoms with E-state index in [9.17, 15) is 4.79 Å². The maximum Gasteiger partial charge on any atom is 0.251 e. The quantitative estimate of drug-likeness (QED) is 0.774. The molecule has 3 atom stereocenters. The Hall–Kier alpha value is -0.650. The fourth-order valence-corrected chi connectivity index (χ4v) is 2.85. The zero-order chi connectivity index (χ0) is 13.1. The number of carbonyl (C=O) groups excluding carboxylic acids is 1. The fourth-order valence-electron chi connectivity index (χ4n) is 2.85. The van der Waals surface area contributed by atoms with Crippen molar-refractivity contribution in [2.45, 2.75) is 44.4 Å². The van der Waals surface area contributed by atoms with Gasteiger partial charge in [-0.25, -0.2) is 0 Å². The van der Waals surface area contributed by atoms with E-state index in [4.69, 9.17) is 10.5 Å². The summed E-state index contributed by atoms with van der Waals surface area (Å²) in [6, 6.07) is 0.481. The van der Waals surface area contributed by atoms with E-state index in [-0.39, 0.29) is 18.1 Å². The number of nitrogens with zero attached hydrogens (tertiary/aromatic N) is 2. The number of rotatable bonds is 3. The van der Waals surface area contributed by atoms with Gasteiger partial charge in [0.05, 0.1) is 6.10 Å². The van der Waals surface area contributed by atoms with Crippen LogP contribution in [0.1, 0.15) is 26.2 Å². The van der Waals surface area contributed by atoms with Crippen molar-refractivity contribution in [2.75, 3.05) is 33.2 Å². The van der Waals surface area contributed by atoms with Crippen molar-refractivity contribution in [2.24, 2.45) is 5.73 Å². The Labute approximate surface area is 109 Å². The van der Waals surface area contributed by atoms with Crippen LogP contribution >= 0.6 is 0 Å². The van der Waals surface area contributed by atoms with Crippen LogP contribution in [0.25, 0.3) is 0 Å². The van der Waals surface area contributed by atoms with Gasteiger partial charge in [0.25, 0.3) is 5.91 Å². The molecular formula is C13H25N3O2. The molecule has 5 nitrogen and oxygen atoms in total. The molecule has 0 radical (unpaired) electrons. The Morgan fingerprint density at radius 1 is 1.39 bits per heavy atom. The van der Waals surface area contributed by atoms with Crippen LogP contribution in [-0.4, -0.2) is 67.2 Å². The third-order valence-electron chi connectivity index (χ3n) is 4.21. The van der Waals surface area contributed by atoms with Crippen LogP contribution in [-0.2, 0) is 9.53 Å². The summed E-state index contributed by atoms with van der Waals surface area (Å²) in [4.78, 5) is 16.7. The molecule has 2 rings (SSSR count). The molecule has 2 heterocycles. The maximum absolute atomic E-state index is 12.4. The maximum atomic E-state index is 12.4. The zero-order valence-electron chi connectivity index (χ0n) is 11.5. The molecule has 0 saturated carbocycles. The van der Waals surface area contributed by atoms with Crippen LogP contribution in [0.5, 0.6) is 0 Å². The van der Waals surface area contributed by atoms with Gasteiger partial charge in [-0.05, 0) is 26.3 Å². The predicted molar refractivity (Wildman–Crippen MR) is 70.2 cm³/mol. The smallest absolute Gasteiger partial charge is 0.251 e. The highest BCUT2D eigenvalue weighted by Gasteiger charge is 2.35. The van der Waals surface area contributed by atoms with Gasteiger partial charge in [-0.3, -0.25) is 9.69 Å². The van der Waals surface area contributed by atoms with Gasteiger partial charge in [-0.15, -0.1) is 0 Å². The average molecular weight is 255 g/mol. The van der Waals surface area contributed by atoms with E-state index < -0.39 is 0 Å². The Morgan fingerprint density at radius 3 is 2.78 bits per heavy atom. The number of hydrogen-bond donors (Lipinski definition) is 1. The number of carbonyl (C=O) groups is 1. The molecule has 2 saturated heterocycles. The Balaban J connectivity index is 1.89. The van der Waals surface area contributed by atoms with Gasteiger partial charge in [0.15, 0.2) is 0 Å². The summed E-state index contributed by atoms with van der Waals surface area (Å²) in [5.41, 5.74) is 5.58. The summed E-state index contributed by atoms with van der Waals surface area (Å²) >= 11 is 0. The van der Waals surface area contributed by atoms with Crippen LogP contribution in [0.4, 0.5) is 0 Å². The standard InChI is InChI=1S/C13H25N3O2/c1-3-10-9-16(7-6-15(10)2)13(17)12-5-4-11(8-14)18-12/h10-12H,3-9,14H2,1-2H3. The summed E-state index contributed by atoms with van der Waals surface area (Å²) in [7, 11) is 2.13. The first-order chi connectivity index (χ1) is 8.65. The lowest BCUT2D eigenvalue weighted by Gasteiger charge is -2.39. The number of amides is 1. The molecular weight excluding hydrogens is 230 g/mol. The average Bonchev–Trinajstić information content (AvgIpc) is 2.87. The van der Waals surface area contributed by atoms with Crippen molar-refractivity contribution in [3.05, 3.63) is 0 Å². The summed E-state index contributed by atoms with van der Waals surface area (Å²) in [5, 5.41) is 0. The summed E-state index contributed by atoms with van der Waals surface area (Å²) in [5.74, 6) is 0.164. The van der Waals surface area contributed by atoms with Crippen molar-refractivity contribution in [1.82, 2.24) is 9.80 Å². The van der Waals surface area contributed by atoms with Gasteiger partial charge in [-0.2, -0.15) is 0 Å². The van der Waals surface area contributed by atoms with E-state index in [2.05, 4.69) is 18.9 Å².